The van der Waals surface area contributed by atoms with Gasteiger partial charge in [0, 0.05) is 17.8 Å². The molecule has 0 saturated carbocycles. The van der Waals surface area contributed by atoms with Gasteiger partial charge >= 0.3 is 5.97 Å². The second kappa shape index (κ2) is 4.09. The van der Waals surface area contributed by atoms with Gasteiger partial charge in [-0.2, -0.15) is 0 Å². The lowest BCUT2D eigenvalue weighted by Gasteiger charge is -2.03. The quantitative estimate of drug-likeness (QED) is 0.753. The highest BCUT2D eigenvalue weighted by Gasteiger charge is 2.01. The summed E-state index contributed by atoms with van der Waals surface area (Å²) in [4.78, 5) is 14.1. The molecule has 0 saturated heterocycles. The van der Waals surface area contributed by atoms with Gasteiger partial charge in [0.15, 0.2) is 6.61 Å². The molecule has 70 valence electrons. The smallest absolute Gasteiger partial charge is 0.341 e. The van der Waals surface area contributed by atoms with Crippen LogP contribution in [0.25, 0.3) is 0 Å². The predicted octanol–water partition coefficient (Wildman–Crippen LogP) is 1.51. The molecule has 1 rings (SSSR count). The fourth-order valence-corrected chi connectivity index (χ4v) is 1.07. The van der Waals surface area contributed by atoms with Crippen LogP contribution in [0.5, 0.6) is 5.75 Å². The van der Waals surface area contributed by atoms with E-state index in [9.17, 15) is 4.79 Å². The lowest BCUT2D eigenvalue weighted by Crippen LogP contribution is -2.09. The summed E-state index contributed by atoms with van der Waals surface area (Å²) < 4.78 is 4.91. The molecule has 1 heterocycles. The van der Waals surface area contributed by atoms with Crippen molar-refractivity contribution >= 4 is 17.6 Å². The van der Waals surface area contributed by atoms with E-state index in [-0.39, 0.29) is 6.61 Å². The molecular formula is C8H8ClNO3. The van der Waals surface area contributed by atoms with Gasteiger partial charge in [-0.25, -0.2) is 9.78 Å². The molecule has 0 aliphatic heterocycles. The maximum absolute atomic E-state index is 10.2. The maximum Gasteiger partial charge on any atom is 0.341 e. The van der Waals surface area contributed by atoms with Gasteiger partial charge in [0.25, 0.3) is 0 Å². The third kappa shape index (κ3) is 3.29. The Kier molecular flexibility index (Phi) is 3.08. The van der Waals surface area contributed by atoms with E-state index >= 15 is 0 Å². The first-order chi connectivity index (χ1) is 6.08. The zero-order valence-electron chi connectivity index (χ0n) is 6.95. The van der Waals surface area contributed by atoms with Crippen molar-refractivity contribution in [3.63, 3.8) is 0 Å². The minimum atomic E-state index is -1.02. The molecule has 0 spiro atoms. The van der Waals surface area contributed by atoms with E-state index in [2.05, 4.69) is 4.98 Å². The molecule has 0 unspecified atom stereocenters. The van der Waals surface area contributed by atoms with Gasteiger partial charge < -0.3 is 9.84 Å². The first kappa shape index (κ1) is 9.80. The number of carbonyl (C=O) groups is 1. The van der Waals surface area contributed by atoms with Crippen molar-refractivity contribution in [1.29, 1.82) is 0 Å². The summed E-state index contributed by atoms with van der Waals surface area (Å²) in [6, 6.07) is 3.09. The maximum atomic E-state index is 10.2. The summed E-state index contributed by atoms with van der Waals surface area (Å²) >= 11 is 5.63. The largest absolute Gasteiger partial charge is 0.482 e. The van der Waals surface area contributed by atoms with Crippen molar-refractivity contribution in [1.82, 2.24) is 4.98 Å². The zero-order valence-corrected chi connectivity index (χ0v) is 7.71. The Bertz CT molecular complexity index is 307. The molecule has 0 amide bonds. The topological polar surface area (TPSA) is 59.4 Å². The number of hydrogen-bond donors (Lipinski definition) is 1. The Labute approximate surface area is 80.1 Å². The molecule has 5 heteroatoms. The Morgan fingerprint density at radius 1 is 1.69 bits per heavy atom. The van der Waals surface area contributed by atoms with E-state index in [1.54, 1.807) is 13.0 Å². The lowest BCUT2D eigenvalue weighted by atomic mass is 10.3. The van der Waals surface area contributed by atoms with Crippen LogP contribution in [0.1, 0.15) is 5.69 Å². The Morgan fingerprint density at radius 3 is 2.92 bits per heavy atom. The van der Waals surface area contributed by atoms with Crippen molar-refractivity contribution in [3.05, 3.63) is 23.0 Å². The molecule has 4 nitrogen and oxygen atoms in total. The first-order valence-electron chi connectivity index (χ1n) is 3.56. The third-order valence-electron chi connectivity index (χ3n) is 1.26. The highest BCUT2D eigenvalue weighted by molar-refractivity contribution is 6.29. The molecule has 0 bridgehead atoms. The van der Waals surface area contributed by atoms with Crippen LogP contribution in [0.3, 0.4) is 0 Å². The normalized spacial score (nSPS) is 9.69. The molecule has 0 aromatic carbocycles. The molecule has 1 aromatic heterocycles. The minimum absolute atomic E-state index is 0.292. The number of aromatic nitrogens is 1. The van der Waals surface area contributed by atoms with E-state index in [1.165, 1.54) is 6.07 Å². The second-order valence-electron chi connectivity index (χ2n) is 2.45. The van der Waals surface area contributed by atoms with E-state index in [0.717, 1.165) is 0 Å². The van der Waals surface area contributed by atoms with E-state index in [1.807, 2.05) is 0 Å². The lowest BCUT2D eigenvalue weighted by molar-refractivity contribution is -0.139. The number of rotatable bonds is 3. The van der Waals surface area contributed by atoms with Crippen molar-refractivity contribution in [2.45, 2.75) is 6.92 Å². The molecular weight excluding hydrogens is 194 g/mol. The highest BCUT2D eigenvalue weighted by atomic mass is 35.5. The Hall–Kier alpha value is -1.29. The van der Waals surface area contributed by atoms with E-state index in [4.69, 9.17) is 21.4 Å². The van der Waals surface area contributed by atoms with Crippen LogP contribution in [-0.4, -0.2) is 22.7 Å². The van der Waals surface area contributed by atoms with Crippen molar-refractivity contribution in [3.8, 4) is 5.75 Å². The first-order valence-corrected chi connectivity index (χ1v) is 3.94. The Balaban J connectivity index is 2.71. The molecule has 0 atom stereocenters. The third-order valence-corrected chi connectivity index (χ3v) is 1.45. The predicted molar refractivity (Wildman–Crippen MR) is 47.1 cm³/mol. The average molecular weight is 202 g/mol. The fraction of sp³-hybridized carbons (Fsp3) is 0.250. The van der Waals surface area contributed by atoms with Crippen molar-refractivity contribution < 1.29 is 14.6 Å². The van der Waals surface area contributed by atoms with Crippen LogP contribution in [-0.2, 0) is 4.79 Å². The monoisotopic (exact) mass is 201 g/mol. The van der Waals surface area contributed by atoms with Gasteiger partial charge in [-0.05, 0) is 6.92 Å². The number of carboxylic acid groups (broad SMARTS) is 1. The standard InChI is InChI=1S/C8H8ClNO3/c1-5-2-6(3-7(9)10-5)13-4-8(11)12/h2-3H,4H2,1H3,(H,11,12). The van der Waals surface area contributed by atoms with Gasteiger partial charge in [-0.1, -0.05) is 11.6 Å². The number of aliphatic carboxylic acids is 1. The van der Waals surface area contributed by atoms with Crippen LogP contribution in [0, 0.1) is 6.92 Å². The summed E-state index contributed by atoms with van der Waals surface area (Å²) in [6.07, 6.45) is 0. The van der Waals surface area contributed by atoms with Crippen LogP contribution in [0.15, 0.2) is 12.1 Å². The van der Waals surface area contributed by atoms with Gasteiger partial charge in [0.1, 0.15) is 10.9 Å². The fourth-order valence-electron chi connectivity index (χ4n) is 0.826. The summed E-state index contributed by atoms with van der Waals surface area (Å²) in [5.74, 6) is -0.606. The molecule has 0 radical (unpaired) electrons. The molecule has 0 aliphatic carbocycles. The number of carboxylic acids is 1. The van der Waals surface area contributed by atoms with E-state index < -0.39 is 5.97 Å². The van der Waals surface area contributed by atoms with Gasteiger partial charge in [-0.15, -0.1) is 0 Å². The summed E-state index contributed by atoms with van der Waals surface area (Å²) in [7, 11) is 0. The molecule has 13 heavy (non-hydrogen) atoms. The van der Waals surface area contributed by atoms with Gasteiger partial charge in [0.2, 0.25) is 0 Å². The SMILES string of the molecule is Cc1cc(OCC(=O)O)cc(Cl)n1. The highest BCUT2D eigenvalue weighted by Crippen LogP contribution is 2.16. The number of hydrogen-bond acceptors (Lipinski definition) is 3. The van der Waals surface area contributed by atoms with Crippen molar-refractivity contribution in [2.24, 2.45) is 0 Å². The number of aryl methyl sites for hydroxylation is 1. The molecule has 0 fully saturated rings. The van der Waals surface area contributed by atoms with E-state index in [0.29, 0.717) is 16.6 Å². The summed E-state index contributed by atoms with van der Waals surface area (Å²) in [5.41, 5.74) is 0.688. The molecule has 1 N–H and O–H groups in total. The molecule has 0 aliphatic rings. The number of halogens is 1. The Morgan fingerprint density at radius 2 is 2.38 bits per heavy atom. The molecule has 1 aromatic rings. The summed E-state index contributed by atoms with van der Waals surface area (Å²) in [5, 5.41) is 8.63. The second-order valence-corrected chi connectivity index (χ2v) is 2.84. The van der Waals surface area contributed by atoms with Crippen LogP contribution >= 0.6 is 11.6 Å². The van der Waals surface area contributed by atoms with Crippen LogP contribution in [0.4, 0.5) is 0 Å². The average Bonchev–Trinajstić information content (AvgIpc) is 1.99. The van der Waals surface area contributed by atoms with Gasteiger partial charge in [0.05, 0.1) is 0 Å². The number of pyridine rings is 1. The van der Waals surface area contributed by atoms with Gasteiger partial charge in [-0.3, -0.25) is 0 Å². The number of nitrogens with zero attached hydrogens (tertiary/aromatic N) is 1. The van der Waals surface area contributed by atoms with Crippen LogP contribution < -0.4 is 4.74 Å². The van der Waals surface area contributed by atoms with Crippen molar-refractivity contribution in [2.75, 3.05) is 6.61 Å². The minimum Gasteiger partial charge on any atom is -0.482 e. The number of ether oxygens (including phenoxy) is 1. The summed E-state index contributed by atoms with van der Waals surface area (Å²) in [6.45, 7) is 1.37. The van der Waals surface area contributed by atoms with Crippen LogP contribution in [0.2, 0.25) is 5.15 Å². The zero-order chi connectivity index (χ0) is 9.84.